The molecule has 0 amide bonds. The Balaban J connectivity index is 2.17. The molecule has 4 atom stereocenters. The summed E-state index contributed by atoms with van der Waals surface area (Å²) in [5.41, 5.74) is 0. The maximum absolute atomic E-state index is 13.3. The Kier molecular flexibility index (Phi) is 2.83. The molecule has 0 aromatic rings. The molecule has 96 valence electrons. The van der Waals surface area contributed by atoms with Crippen LogP contribution in [0.25, 0.3) is 0 Å². The Morgan fingerprint density at radius 1 is 1.00 bits per heavy atom. The highest BCUT2D eigenvalue weighted by molar-refractivity contribution is 5.82. The summed E-state index contributed by atoms with van der Waals surface area (Å²) in [6.45, 7) is 0. The summed E-state index contributed by atoms with van der Waals surface area (Å²) in [6, 6.07) is 0. The van der Waals surface area contributed by atoms with Gasteiger partial charge in [0.15, 0.2) is 0 Å². The largest absolute Gasteiger partial charge is 0.469 e. The van der Waals surface area contributed by atoms with Crippen molar-refractivity contribution >= 4 is 11.9 Å². The van der Waals surface area contributed by atoms with E-state index in [1.165, 1.54) is 14.2 Å². The van der Waals surface area contributed by atoms with Crippen LogP contribution in [0.4, 0.5) is 8.78 Å². The van der Waals surface area contributed by atoms with Crippen LogP contribution < -0.4 is 0 Å². The molecule has 6 heteroatoms. The van der Waals surface area contributed by atoms with Gasteiger partial charge in [-0.1, -0.05) is 0 Å². The van der Waals surface area contributed by atoms with Crippen LogP contribution in [-0.4, -0.2) is 32.1 Å². The molecule has 0 bridgehead atoms. The third-order valence-corrected chi connectivity index (χ3v) is 3.87. The molecular weight excluding hydrogens is 234 g/mol. The number of alkyl halides is 2. The SMILES string of the molecule is COC(=O)C1CC2C(CC1C(=O)OC)C2(F)F. The molecule has 2 saturated carbocycles. The highest BCUT2D eigenvalue weighted by atomic mass is 19.3. The van der Waals surface area contributed by atoms with Gasteiger partial charge in [0, 0.05) is 11.8 Å². The third kappa shape index (κ3) is 1.79. The van der Waals surface area contributed by atoms with Crippen molar-refractivity contribution in [3.8, 4) is 0 Å². The van der Waals surface area contributed by atoms with Gasteiger partial charge in [0.05, 0.1) is 26.1 Å². The van der Waals surface area contributed by atoms with Gasteiger partial charge in [0.2, 0.25) is 0 Å². The topological polar surface area (TPSA) is 52.6 Å². The van der Waals surface area contributed by atoms with Crippen molar-refractivity contribution in [2.24, 2.45) is 23.7 Å². The second-order valence-corrected chi connectivity index (χ2v) is 4.62. The number of ether oxygens (including phenoxy) is 2. The van der Waals surface area contributed by atoms with Gasteiger partial charge in [-0.2, -0.15) is 0 Å². The Bertz CT molecular complexity index is 323. The molecule has 0 radical (unpaired) electrons. The molecule has 4 nitrogen and oxygen atoms in total. The van der Waals surface area contributed by atoms with Gasteiger partial charge in [-0.15, -0.1) is 0 Å². The van der Waals surface area contributed by atoms with Crippen LogP contribution in [0.1, 0.15) is 12.8 Å². The first-order valence-electron chi connectivity index (χ1n) is 5.47. The van der Waals surface area contributed by atoms with Crippen LogP contribution in [0.2, 0.25) is 0 Å². The monoisotopic (exact) mass is 248 g/mol. The standard InChI is InChI=1S/C11H14F2O4/c1-16-9(14)5-3-7-8(11(7,12)13)4-6(5)10(15)17-2/h5-8H,3-4H2,1-2H3. The van der Waals surface area contributed by atoms with Crippen molar-refractivity contribution in [1.29, 1.82) is 0 Å². The zero-order chi connectivity index (χ0) is 12.8. The molecule has 2 aliphatic carbocycles. The van der Waals surface area contributed by atoms with Crippen LogP contribution in [0, 0.1) is 23.7 Å². The van der Waals surface area contributed by atoms with E-state index in [1.807, 2.05) is 0 Å². The lowest BCUT2D eigenvalue weighted by atomic mass is 9.79. The van der Waals surface area contributed by atoms with E-state index in [0.717, 1.165) is 0 Å². The molecule has 0 spiro atoms. The summed E-state index contributed by atoms with van der Waals surface area (Å²) in [7, 11) is 2.38. The fourth-order valence-corrected chi connectivity index (χ4v) is 2.80. The second-order valence-electron chi connectivity index (χ2n) is 4.62. The maximum Gasteiger partial charge on any atom is 0.309 e. The average molecular weight is 248 g/mol. The predicted molar refractivity (Wildman–Crippen MR) is 52.2 cm³/mol. The van der Waals surface area contributed by atoms with E-state index in [2.05, 4.69) is 9.47 Å². The maximum atomic E-state index is 13.3. The van der Waals surface area contributed by atoms with Crippen LogP contribution in [0.5, 0.6) is 0 Å². The zero-order valence-corrected chi connectivity index (χ0v) is 9.61. The molecule has 0 aromatic heterocycles. The summed E-state index contributed by atoms with van der Waals surface area (Å²) in [5, 5.41) is 0. The molecular formula is C11H14F2O4. The van der Waals surface area contributed by atoms with E-state index in [9.17, 15) is 18.4 Å². The lowest BCUT2D eigenvalue weighted by molar-refractivity contribution is -0.159. The summed E-state index contributed by atoms with van der Waals surface area (Å²) >= 11 is 0. The molecule has 2 fully saturated rings. The molecule has 2 aliphatic rings. The minimum Gasteiger partial charge on any atom is -0.469 e. The number of hydrogen-bond acceptors (Lipinski definition) is 4. The van der Waals surface area contributed by atoms with E-state index in [1.54, 1.807) is 0 Å². The first-order valence-corrected chi connectivity index (χ1v) is 5.47. The normalized spacial score (nSPS) is 37.9. The number of hydrogen-bond donors (Lipinski definition) is 0. The molecule has 0 saturated heterocycles. The van der Waals surface area contributed by atoms with Crippen LogP contribution in [-0.2, 0) is 19.1 Å². The first-order chi connectivity index (χ1) is 7.93. The van der Waals surface area contributed by atoms with E-state index in [-0.39, 0.29) is 12.8 Å². The quantitative estimate of drug-likeness (QED) is 0.690. The van der Waals surface area contributed by atoms with Crippen LogP contribution >= 0.6 is 0 Å². The number of methoxy groups -OCH3 is 2. The number of fused-ring (bicyclic) bond motifs is 1. The van der Waals surface area contributed by atoms with Crippen LogP contribution in [0.15, 0.2) is 0 Å². The Hall–Kier alpha value is -1.20. The Morgan fingerprint density at radius 2 is 1.35 bits per heavy atom. The molecule has 17 heavy (non-hydrogen) atoms. The minimum absolute atomic E-state index is 0.00407. The van der Waals surface area contributed by atoms with Gasteiger partial charge in [-0.05, 0) is 12.8 Å². The predicted octanol–water partition coefficient (Wildman–Crippen LogP) is 1.24. The van der Waals surface area contributed by atoms with Gasteiger partial charge in [0.25, 0.3) is 5.92 Å². The average Bonchev–Trinajstić information content (AvgIpc) is 2.87. The first kappa shape index (κ1) is 12.3. The van der Waals surface area contributed by atoms with Gasteiger partial charge in [0.1, 0.15) is 0 Å². The number of carbonyl (C=O) groups excluding carboxylic acids is 2. The van der Waals surface area contributed by atoms with Crippen molar-refractivity contribution in [1.82, 2.24) is 0 Å². The third-order valence-electron chi connectivity index (χ3n) is 3.87. The smallest absolute Gasteiger partial charge is 0.309 e. The van der Waals surface area contributed by atoms with Crippen molar-refractivity contribution in [2.75, 3.05) is 14.2 Å². The highest BCUT2D eigenvalue weighted by Gasteiger charge is 2.72. The molecule has 4 unspecified atom stereocenters. The molecule has 0 aromatic carbocycles. The summed E-state index contributed by atoms with van der Waals surface area (Å²) in [4.78, 5) is 23.0. The lowest BCUT2D eigenvalue weighted by Crippen LogP contribution is -2.35. The number of esters is 2. The minimum atomic E-state index is -2.74. The van der Waals surface area contributed by atoms with E-state index < -0.39 is 41.5 Å². The second kappa shape index (κ2) is 3.92. The molecule has 0 aliphatic heterocycles. The molecule has 0 heterocycles. The zero-order valence-electron chi connectivity index (χ0n) is 9.61. The summed E-state index contributed by atoms with van der Waals surface area (Å²) in [6.07, 6.45) is 0.00815. The fraction of sp³-hybridized carbons (Fsp3) is 0.818. The molecule has 0 N–H and O–H groups in total. The van der Waals surface area contributed by atoms with Crippen molar-refractivity contribution < 1.29 is 27.8 Å². The van der Waals surface area contributed by atoms with Gasteiger partial charge in [-0.3, -0.25) is 9.59 Å². The number of rotatable bonds is 2. The summed E-state index contributed by atoms with van der Waals surface area (Å²) < 4.78 is 35.7. The lowest BCUT2D eigenvalue weighted by Gasteiger charge is -2.25. The Morgan fingerprint density at radius 3 is 1.65 bits per heavy atom. The van der Waals surface area contributed by atoms with Gasteiger partial charge >= 0.3 is 11.9 Å². The van der Waals surface area contributed by atoms with E-state index in [4.69, 9.17) is 0 Å². The highest BCUT2D eigenvalue weighted by Crippen LogP contribution is 2.64. The van der Waals surface area contributed by atoms with E-state index >= 15 is 0 Å². The van der Waals surface area contributed by atoms with E-state index in [0.29, 0.717) is 0 Å². The Labute approximate surface area is 97.3 Å². The van der Waals surface area contributed by atoms with Gasteiger partial charge < -0.3 is 9.47 Å². The van der Waals surface area contributed by atoms with Gasteiger partial charge in [-0.25, -0.2) is 8.78 Å². The van der Waals surface area contributed by atoms with Crippen molar-refractivity contribution in [3.63, 3.8) is 0 Å². The van der Waals surface area contributed by atoms with Crippen molar-refractivity contribution in [2.45, 2.75) is 18.8 Å². The van der Waals surface area contributed by atoms with Crippen LogP contribution in [0.3, 0.4) is 0 Å². The fourth-order valence-electron chi connectivity index (χ4n) is 2.80. The number of halogens is 2. The summed E-state index contributed by atoms with van der Waals surface area (Å²) in [5.74, 6) is -7.14. The van der Waals surface area contributed by atoms with Crippen molar-refractivity contribution in [3.05, 3.63) is 0 Å². The number of carbonyl (C=O) groups is 2. The molecule has 2 rings (SSSR count).